The van der Waals surface area contributed by atoms with Crippen LogP contribution in [-0.2, 0) is 9.47 Å². The van der Waals surface area contributed by atoms with Crippen LogP contribution in [0.15, 0.2) is 18.2 Å². The van der Waals surface area contributed by atoms with Gasteiger partial charge in [0.15, 0.2) is 0 Å². The first kappa shape index (κ1) is 20.1. The van der Waals surface area contributed by atoms with Crippen molar-refractivity contribution in [3.63, 3.8) is 0 Å². The molecule has 0 spiro atoms. The van der Waals surface area contributed by atoms with Gasteiger partial charge in [-0.2, -0.15) is 9.97 Å². The highest BCUT2D eigenvalue weighted by Crippen LogP contribution is 2.25. The fourth-order valence-corrected chi connectivity index (χ4v) is 3.96. The average Bonchev–Trinajstić information content (AvgIpc) is 2.97. The van der Waals surface area contributed by atoms with Crippen LogP contribution in [0.25, 0.3) is 10.9 Å². The van der Waals surface area contributed by atoms with Crippen molar-refractivity contribution in [1.29, 1.82) is 0 Å². The zero-order valence-corrected chi connectivity index (χ0v) is 17.0. The van der Waals surface area contributed by atoms with E-state index in [9.17, 15) is 0 Å². The molecule has 0 radical (unpaired) electrons. The molecule has 2 unspecified atom stereocenters. The van der Waals surface area contributed by atoms with Gasteiger partial charge in [0, 0.05) is 44.3 Å². The van der Waals surface area contributed by atoms with Crippen LogP contribution in [0.4, 0.5) is 5.82 Å². The molecule has 8 nitrogen and oxygen atoms in total. The van der Waals surface area contributed by atoms with Gasteiger partial charge in [-0.1, -0.05) is 0 Å². The van der Waals surface area contributed by atoms with Crippen molar-refractivity contribution >= 4 is 16.7 Å². The second kappa shape index (κ2) is 9.56. The number of methoxy groups -OCH3 is 1. The number of hydrogen-bond acceptors (Lipinski definition) is 8. The van der Waals surface area contributed by atoms with Crippen LogP contribution in [0.3, 0.4) is 0 Å². The molecule has 2 saturated heterocycles. The SMILES string of the molecule is COc1nc(N)c2ccc(OCC3CN(CC4CCCCO4)CCCO3)cc2n1. The lowest BCUT2D eigenvalue weighted by molar-refractivity contribution is -0.0171. The van der Waals surface area contributed by atoms with Crippen molar-refractivity contribution in [2.45, 2.75) is 37.9 Å². The third-order valence-electron chi connectivity index (χ3n) is 5.47. The Hall–Kier alpha value is -2.16. The van der Waals surface area contributed by atoms with Gasteiger partial charge >= 0.3 is 6.01 Å². The maximum Gasteiger partial charge on any atom is 0.318 e. The van der Waals surface area contributed by atoms with Gasteiger partial charge in [0.25, 0.3) is 0 Å². The van der Waals surface area contributed by atoms with Gasteiger partial charge in [-0.15, -0.1) is 0 Å². The van der Waals surface area contributed by atoms with Crippen molar-refractivity contribution in [3.8, 4) is 11.8 Å². The van der Waals surface area contributed by atoms with Gasteiger partial charge in [-0.25, -0.2) is 0 Å². The summed E-state index contributed by atoms with van der Waals surface area (Å²) in [4.78, 5) is 10.9. The second-order valence-electron chi connectivity index (χ2n) is 7.68. The summed E-state index contributed by atoms with van der Waals surface area (Å²) in [6, 6.07) is 5.87. The monoisotopic (exact) mass is 402 g/mol. The standard InChI is InChI=1S/C21H30N4O4/c1-26-21-23-19-11-15(6-7-18(19)20(22)24-21)29-14-17-13-25(8-4-10-28-17)12-16-5-2-3-9-27-16/h6-7,11,16-17H,2-5,8-10,12-14H2,1H3,(H2,22,23,24). The summed E-state index contributed by atoms with van der Waals surface area (Å²) in [6.07, 6.45) is 5.03. The summed E-state index contributed by atoms with van der Waals surface area (Å²) in [5.41, 5.74) is 6.67. The molecule has 0 amide bonds. The summed E-state index contributed by atoms with van der Waals surface area (Å²) in [7, 11) is 1.52. The van der Waals surface area contributed by atoms with Crippen molar-refractivity contribution in [2.75, 3.05) is 52.3 Å². The largest absolute Gasteiger partial charge is 0.491 e. The van der Waals surface area contributed by atoms with E-state index >= 15 is 0 Å². The Morgan fingerprint density at radius 1 is 1.14 bits per heavy atom. The Balaban J connectivity index is 1.36. The van der Waals surface area contributed by atoms with E-state index in [4.69, 9.17) is 24.7 Å². The highest BCUT2D eigenvalue weighted by Gasteiger charge is 2.23. The molecule has 3 heterocycles. The van der Waals surface area contributed by atoms with Crippen LogP contribution in [0.1, 0.15) is 25.7 Å². The highest BCUT2D eigenvalue weighted by molar-refractivity contribution is 5.89. The lowest BCUT2D eigenvalue weighted by Crippen LogP contribution is -2.41. The van der Waals surface area contributed by atoms with E-state index in [1.807, 2.05) is 18.2 Å². The Labute approximate surface area is 171 Å². The molecule has 4 rings (SSSR count). The minimum atomic E-state index is 0.0294. The van der Waals surface area contributed by atoms with Gasteiger partial charge < -0.3 is 24.7 Å². The first-order valence-corrected chi connectivity index (χ1v) is 10.4. The fourth-order valence-electron chi connectivity index (χ4n) is 3.96. The number of benzene rings is 1. The molecule has 2 aliphatic rings. The molecule has 29 heavy (non-hydrogen) atoms. The van der Waals surface area contributed by atoms with E-state index in [0.717, 1.165) is 56.8 Å². The molecule has 1 aromatic carbocycles. The van der Waals surface area contributed by atoms with E-state index in [1.54, 1.807) is 0 Å². The minimum Gasteiger partial charge on any atom is -0.491 e. The molecule has 2 fully saturated rings. The third kappa shape index (κ3) is 5.26. The lowest BCUT2D eigenvalue weighted by atomic mass is 10.1. The predicted octanol–water partition coefficient (Wildman–Crippen LogP) is 2.26. The summed E-state index contributed by atoms with van der Waals surface area (Å²) >= 11 is 0. The van der Waals surface area contributed by atoms with Crippen LogP contribution in [0.5, 0.6) is 11.8 Å². The quantitative estimate of drug-likeness (QED) is 0.787. The molecule has 2 atom stereocenters. The van der Waals surface area contributed by atoms with E-state index in [0.29, 0.717) is 24.0 Å². The molecule has 0 aliphatic carbocycles. The van der Waals surface area contributed by atoms with Gasteiger partial charge in [0.05, 0.1) is 18.7 Å². The Morgan fingerprint density at radius 3 is 2.83 bits per heavy atom. The Bertz CT molecular complexity index is 813. The van der Waals surface area contributed by atoms with Crippen molar-refractivity contribution in [3.05, 3.63) is 18.2 Å². The van der Waals surface area contributed by atoms with E-state index < -0.39 is 0 Å². The second-order valence-corrected chi connectivity index (χ2v) is 7.68. The van der Waals surface area contributed by atoms with Crippen LogP contribution in [0, 0.1) is 0 Å². The maximum atomic E-state index is 6.04. The summed E-state index contributed by atoms with van der Waals surface area (Å²) in [6.45, 7) is 5.02. The molecular weight excluding hydrogens is 372 g/mol. The number of hydrogen-bond donors (Lipinski definition) is 1. The lowest BCUT2D eigenvalue weighted by Gasteiger charge is -2.30. The molecule has 2 N–H and O–H groups in total. The van der Waals surface area contributed by atoms with Crippen LogP contribution in [-0.4, -0.2) is 73.6 Å². The van der Waals surface area contributed by atoms with Crippen molar-refractivity contribution in [2.24, 2.45) is 0 Å². The zero-order chi connectivity index (χ0) is 20.1. The van der Waals surface area contributed by atoms with Gasteiger partial charge in [0.1, 0.15) is 24.3 Å². The summed E-state index contributed by atoms with van der Waals surface area (Å²) < 4.78 is 23.1. The number of ether oxygens (including phenoxy) is 4. The van der Waals surface area contributed by atoms with E-state index in [1.165, 1.54) is 20.0 Å². The molecule has 158 valence electrons. The number of nitrogens with two attached hydrogens (primary N) is 1. The Morgan fingerprint density at radius 2 is 2.00 bits per heavy atom. The minimum absolute atomic E-state index is 0.0294. The fraction of sp³-hybridized carbons (Fsp3) is 0.619. The average molecular weight is 402 g/mol. The van der Waals surface area contributed by atoms with Crippen LogP contribution >= 0.6 is 0 Å². The number of anilines is 1. The van der Waals surface area contributed by atoms with Crippen molar-refractivity contribution < 1.29 is 18.9 Å². The number of nitrogen functional groups attached to an aromatic ring is 1. The molecular formula is C21H30N4O4. The number of aromatic nitrogens is 2. The molecule has 0 bridgehead atoms. The number of fused-ring (bicyclic) bond motifs is 1. The number of nitrogens with zero attached hydrogens (tertiary/aromatic N) is 3. The third-order valence-corrected chi connectivity index (χ3v) is 5.47. The summed E-state index contributed by atoms with van der Waals surface area (Å²) in [5, 5.41) is 0.780. The molecule has 1 aromatic heterocycles. The first-order chi connectivity index (χ1) is 14.2. The molecule has 2 aromatic rings. The van der Waals surface area contributed by atoms with Crippen LogP contribution < -0.4 is 15.2 Å². The summed E-state index contributed by atoms with van der Waals surface area (Å²) in [5.74, 6) is 1.12. The van der Waals surface area contributed by atoms with Gasteiger partial charge in [-0.05, 0) is 37.8 Å². The molecule has 0 saturated carbocycles. The van der Waals surface area contributed by atoms with E-state index in [2.05, 4.69) is 14.9 Å². The molecule has 8 heteroatoms. The van der Waals surface area contributed by atoms with E-state index in [-0.39, 0.29) is 12.1 Å². The van der Waals surface area contributed by atoms with Crippen molar-refractivity contribution in [1.82, 2.24) is 14.9 Å². The first-order valence-electron chi connectivity index (χ1n) is 10.4. The number of rotatable bonds is 6. The van der Waals surface area contributed by atoms with Crippen LogP contribution in [0.2, 0.25) is 0 Å². The zero-order valence-electron chi connectivity index (χ0n) is 17.0. The van der Waals surface area contributed by atoms with Gasteiger partial charge in [-0.3, -0.25) is 4.90 Å². The topological polar surface area (TPSA) is 92.0 Å². The smallest absolute Gasteiger partial charge is 0.318 e. The normalized spacial score (nSPS) is 23.6. The molecule has 2 aliphatic heterocycles. The van der Waals surface area contributed by atoms with Gasteiger partial charge in [0.2, 0.25) is 0 Å². The maximum absolute atomic E-state index is 6.04. The predicted molar refractivity (Wildman–Crippen MR) is 110 cm³/mol. The highest BCUT2D eigenvalue weighted by atomic mass is 16.5. The Kier molecular flexibility index (Phi) is 6.63.